The molecular formula is C14H16ClN3. The zero-order valence-corrected chi connectivity index (χ0v) is 11.2. The van der Waals surface area contributed by atoms with Gasteiger partial charge in [0.05, 0.1) is 11.4 Å². The fourth-order valence-electron chi connectivity index (χ4n) is 1.48. The Bertz CT molecular complexity index is 524. The summed E-state index contributed by atoms with van der Waals surface area (Å²) in [4.78, 5) is 4.07. The fourth-order valence-corrected chi connectivity index (χ4v) is 1.48. The molecule has 0 saturated carbocycles. The molecule has 0 aliphatic rings. The van der Waals surface area contributed by atoms with Crippen LogP contribution in [-0.2, 0) is 0 Å². The SMILES string of the molecule is C/C(=N\Nc1ccccc1C)c1cccnc1.Cl. The molecule has 2 aromatic rings. The molecule has 1 heterocycles. The summed E-state index contributed by atoms with van der Waals surface area (Å²) in [5.74, 6) is 0. The molecule has 18 heavy (non-hydrogen) atoms. The van der Waals surface area contributed by atoms with Crippen molar-refractivity contribution in [1.82, 2.24) is 4.98 Å². The first kappa shape index (κ1) is 14.2. The highest BCUT2D eigenvalue weighted by molar-refractivity contribution is 5.98. The molecule has 94 valence electrons. The third-order valence-corrected chi connectivity index (χ3v) is 2.57. The van der Waals surface area contributed by atoms with Gasteiger partial charge in [-0.3, -0.25) is 10.4 Å². The Balaban J connectivity index is 0.00000162. The van der Waals surface area contributed by atoms with Crippen LogP contribution < -0.4 is 5.43 Å². The lowest BCUT2D eigenvalue weighted by Crippen LogP contribution is -2.00. The minimum Gasteiger partial charge on any atom is -0.278 e. The minimum atomic E-state index is 0. The standard InChI is InChI=1S/C14H15N3.ClH/c1-11-6-3-4-8-14(11)17-16-12(2)13-7-5-9-15-10-13;/h3-10,17H,1-2H3;1H/b16-12+;. The molecule has 3 nitrogen and oxygen atoms in total. The van der Waals surface area contributed by atoms with Gasteiger partial charge in [-0.2, -0.15) is 5.10 Å². The largest absolute Gasteiger partial charge is 0.278 e. The number of pyridine rings is 1. The zero-order chi connectivity index (χ0) is 12.1. The predicted molar refractivity (Wildman–Crippen MR) is 78.5 cm³/mol. The van der Waals surface area contributed by atoms with Crippen LogP contribution in [0.3, 0.4) is 0 Å². The molecule has 0 radical (unpaired) electrons. The van der Waals surface area contributed by atoms with E-state index in [0.29, 0.717) is 0 Å². The summed E-state index contributed by atoms with van der Waals surface area (Å²) < 4.78 is 0. The third kappa shape index (κ3) is 3.57. The van der Waals surface area contributed by atoms with Gasteiger partial charge in [-0.05, 0) is 31.5 Å². The quantitative estimate of drug-likeness (QED) is 0.676. The molecule has 0 spiro atoms. The van der Waals surface area contributed by atoms with Crippen LogP contribution in [0, 0.1) is 6.92 Å². The van der Waals surface area contributed by atoms with E-state index in [-0.39, 0.29) is 12.4 Å². The first-order valence-corrected chi connectivity index (χ1v) is 5.53. The molecule has 1 N–H and O–H groups in total. The second-order valence-electron chi connectivity index (χ2n) is 3.87. The molecule has 1 aromatic carbocycles. The lowest BCUT2D eigenvalue weighted by atomic mass is 10.2. The van der Waals surface area contributed by atoms with Gasteiger partial charge in [-0.15, -0.1) is 12.4 Å². The summed E-state index contributed by atoms with van der Waals surface area (Å²) in [6.45, 7) is 4.01. The number of hydrazone groups is 1. The van der Waals surface area contributed by atoms with Gasteiger partial charge < -0.3 is 0 Å². The number of hydrogen-bond acceptors (Lipinski definition) is 3. The number of aryl methyl sites for hydroxylation is 1. The van der Waals surface area contributed by atoms with Crippen LogP contribution in [0.1, 0.15) is 18.1 Å². The molecule has 0 amide bonds. The van der Waals surface area contributed by atoms with E-state index in [4.69, 9.17) is 0 Å². The van der Waals surface area contributed by atoms with Gasteiger partial charge in [0, 0.05) is 18.0 Å². The second kappa shape index (κ2) is 6.77. The summed E-state index contributed by atoms with van der Waals surface area (Å²) in [6.07, 6.45) is 3.56. The highest BCUT2D eigenvalue weighted by atomic mass is 35.5. The molecule has 0 unspecified atom stereocenters. The van der Waals surface area contributed by atoms with Crippen molar-refractivity contribution < 1.29 is 0 Å². The molecule has 0 aliphatic carbocycles. The van der Waals surface area contributed by atoms with Gasteiger partial charge >= 0.3 is 0 Å². The topological polar surface area (TPSA) is 37.3 Å². The van der Waals surface area contributed by atoms with E-state index in [1.165, 1.54) is 5.56 Å². The first-order chi connectivity index (χ1) is 8.27. The number of anilines is 1. The molecule has 2 rings (SSSR count). The Morgan fingerprint density at radius 1 is 1.17 bits per heavy atom. The van der Waals surface area contributed by atoms with E-state index in [1.807, 2.05) is 37.3 Å². The van der Waals surface area contributed by atoms with E-state index in [9.17, 15) is 0 Å². The molecule has 0 saturated heterocycles. The summed E-state index contributed by atoms with van der Waals surface area (Å²) in [7, 11) is 0. The Hall–Kier alpha value is -1.87. The lowest BCUT2D eigenvalue weighted by molar-refractivity contribution is 1.27. The second-order valence-corrected chi connectivity index (χ2v) is 3.87. The normalized spacial score (nSPS) is 10.7. The minimum absolute atomic E-state index is 0. The van der Waals surface area contributed by atoms with Crippen LogP contribution in [0.25, 0.3) is 0 Å². The van der Waals surface area contributed by atoms with Crippen molar-refractivity contribution in [2.24, 2.45) is 5.10 Å². The highest BCUT2D eigenvalue weighted by Gasteiger charge is 1.97. The highest BCUT2D eigenvalue weighted by Crippen LogP contribution is 2.13. The Kier molecular flexibility index (Phi) is 5.33. The lowest BCUT2D eigenvalue weighted by Gasteiger charge is -2.05. The summed E-state index contributed by atoms with van der Waals surface area (Å²) in [5.41, 5.74) is 7.21. The van der Waals surface area contributed by atoms with Crippen molar-refractivity contribution in [1.29, 1.82) is 0 Å². The molecule has 1 aromatic heterocycles. The molecule has 0 bridgehead atoms. The van der Waals surface area contributed by atoms with E-state index in [2.05, 4.69) is 28.5 Å². The van der Waals surface area contributed by atoms with Crippen molar-refractivity contribution in [3.8, 4) is 0 Å². The van der Waals surface area contributed by atoms with Crippen LogP contribution in [-0.4, -0.2) is 10.7 Å². The number of rotatable bonds is 3. The Morgan fingerprint density at radius 2 is 1.94 bits per heavy atom. The maximum atomic E-state index is 4.35. The van der Waals surface area contributed by atoms with Crippen LogP contribution in [0.4, 0.5) is 5.69 Å². The molecular weight excluding hydrogens is 246 g/mol. The number of para-hydroxylation sites is 1. The van der Waals surface area contributed by atoms with Gasteiger partial charge in [0.1, 0.15) is 0 Å². The number of nitrogens with one attached hydrogen (secondary N) is 1. The number of benzene rings is 1. The predicted octanol–water partition coefficient (Wildman–Crippen LogP) is 3.65. The van der Waals surface area contributed by atoms with Crippen LogP contribution in [0.5, 0.6) is 0 Å². The Labute approximate surface area is 113 Å². The number of halogens is 1. The van der Waals surface area contributed by atoms with E-state index >= 15 is 0 Å². The van der Waals surface area contributed by atoms with Crippen molar-refractivity contribution in [3.63, 3.8) is 0 Å². The smallest absolute Gasteiger partial charge is 0.0663 e. The van der Waals surface area contributed by atoms with Crippen LogP contribution in [0.2, 0.25) is 0 Å². The van der Waals surface area contributed by atoms with Crippen LogP contribution >= 0.6 is 12.4 Å². The van der Waals surface area contributed by atoms with Gasteiger partial charge in [0.2, 0.25) is 0 Å². The maximum absolute atomic E-state index is 4.35. The third-order valence-electron chi connectivity index (χ3n) is 2.57. The van der Waals surface area contributed by atoms with E-state index in [0.717, 1.165) is 17.0 Å². The molecule has 0 aliphatic heterocycles. The van der Waals surface area contributed by atoms with Crippen molar-refractivity contribution in [2.75, 3.05) is 5.43 Å². The van der Waals surface area contributed by atoms with Gasteiger partial charge in [-0.1, -0.05) is 24.3 Å². The van der Waals surface area contributed by atoms with Crippen molar-refractivity contribution in [3.05, 3.63) is 59.9 Å². The fraction of sp³-hybridized carbons (Fsp3) is 0.143. The summed E-state index contributed by atoms with van der Waals surface area (Å²) in [5, 5.41) is 4.35. The maximum Gasteiger partial charge on any atom is 0.0663 e. The molecule has 0 fully saturated rings. The number of hydrogen-bond donors (Lipinski definition) is 1. The van der Waals surface area contributed by atoms with Gasteiger partial charge in [0.15, 0.2) is 0 Å². The van der Waals surface area contributed by atoms with E-state index < -0.39 is 0 Å². The summed E-state index contributed by atoms with van der Waals surface area (Å²) in [6, 6.07) is 12.0. The average Bonchev–Trinajstić information content (AvgIpc) is 2.38. The number of nitrogens with zero attached hydrogens (tertiary/aromatic N) is 2. The molecule has 4 heteroatoms. The Morgan fingerprint density at radius 3 is 2.61 bits per heavy atom. The van der Waals surface area contributed by atoms with Crippen LogP contribution in [0.15, 0.2) is 53.9 Å². The first-order valence-electron chi connectivity index (χ1n) is 5.53. The zero-order valence-electron chi connectivity index (χ0n) is 10.4. The molecule has 0 atom stereocenters. The van der Waals surface area contributed by atoms with E-state index in [1.54, 1.807) is 12.4 Å². The number of aromatic nitrogens is 1. The average molecular weight is 262 g/mol. The monoisotopic (exact) mass is 261 g/mol. The summed E-state index contributed by atoms with van der Waals surface area (Å²) >= 11 is 0. The van der Waals surface area contributed by atoms with Gasteiger partial charge in [-0.25, -0.2) is 0 Å². The van der Waals surface area contributed by atoms with Crippen molar-refractivity contribution in [2.45, 2.75) is 13.8 Å². The van der Waals surface area contributed by atoms with Crippen molar-refractivity contribution >= 4 is 23.8 Å². The van der Waals surface area contributed by atoms with Gasteiger partial charge in [0.25, 0.3) is 0 Å².